The van der Waals surface area contributed by atoms with E-state index >= 15 is 0 Å². The number of hydrogen-bond donors (Lipinski definition) is 1. The molecule has 1 aliphatic heterocycles. The van der Waals surface area contributed by atoms with E-state index in [-0.39, 0.29) is 18.1 Å². The number of carbonyl (C=O) groups is 1. The maximum atomic E-state index is 12.3. The molecule has 0 fully saturated rings. The lowest BCUT2D eigenvalue weighted by atomic mass is 10.1. The van der Waals surface area contributed by atoms with Crippen LogP contribution in [-0.2, 0) is 0 Å². The predicted molar refractivity (Wildman–Crippen MR) is 100 cm³/mol. The minimum Gasteiger partial charge on any atom is -0.454 e. The summed E-state index contributed by atoms with van der Waals surface area (Å²) in [5.74, 6) is 1.21. The highest BCUT2D eigenvalue weighted by Crippen LogP contribution is 2.32. The van der Waals surface area contributed by atoms with Gasteiger partial charge in [-0.25, -0.2) is 0 Å². The zero-order valence-electron chi connectivity index (χ0n) is 13.9. The van der Waals surface area contributed by atoms with Crippen LogP contribution in [0.25, 0.3) is 12.2 Å². The van der Waals surface area contributed by atoms with Crippen LogP contribution in [0.1, 0.15) is 21.5 Å². The molecule has 130 valence electrons. The van der Waals surface area contributed by atoms with E-state index in [1.54, 1.807) is 18.2 Å². The van der Waals surface area contributed by atoms with Crippen molar-refractivity contribution in [2.75, 3.05) is 6.79 Å². The number of Topliss-reactive ketones (excluding diaryl/α,β-unsaturated/α-hetero) is 1. The van der Waals surface area contributed by atoms with Crippen molar-refractivity contribution in [3.63, 3.8) is 0 Å². The molecule has 5 nitrogen and oxygen atoms in total. The first kappa shape index (κ1) is 16.4. The molecule has 1 aliphatic rings. The van der Waals surface area contributed by atoms with Crippen LogP contribution in [-0.4, -0.2) is 17.6 Å². The third-order valence-corrected chi connectivity index (χ3v) is 4.94. The van der Waals surface area contributed by atoms with Crippen molar-refractivity contribution in [2.45, 2.75) is 6.92 Å². The summed E-state index contributed by atoms with van der Waals surface area (Å²) in [7, 11) is 0. The largest absolute Gasteiger partial charge is 0.454 e. The van der Waals surface area contributed by atoms with Crippen molar-refractivity contribution in [3.8, 4) is 11.5 Å². The van der Waals surface area contributed by atoms with Crippen molar-refractivity contribution in [1.82, 2.24) is 4.98 Å². The van der Waals surface area contributed by atoms with Crippen LogP contribution in [0.3, 0.4) is 0 Å². The van der Waals surface area contributed by atoms with E-state index in [9.17, 15) is 9.59 Å². The Labute approximate surface area is 152 Å². The van der Waals surface area contributed by atoms with Gasteiger partial charge in [0, 0.05) is 11.6 Å². The molecule has 1 N–H and O–H groups in total. The molecule has 0 saturated heterocycles. The number of aromatic amines is 1. The molecule has 1 aromatic heterocycles. The molecular formula is C20H15NO4S. The van der Waals surface area contributed by atoms with Gasteiger partial charge in [0.15, 0.2) is 17.3 Å². The SMILES string of the molecule is Cc1ccc(C(=O)C=c2[nH]c(=O)c(=Cc3ccc4c(c3)OCO4)s2)cc1. The minimum absolute atomic E-state index is 0.142. The number of ether oxygens (including phenoxy) is 2. The number of thiazole rings is 1. The Morgan fingerprint density at radius 3 is 2.69 bits per heavy atom. The van der Waals surface area contributed by atoms with Crippen molar-refractivity contribution in [2.24, 2.45) is 0 Å². The second-order valence-corrected chi connectivity index (χ2v) is 7.00. The fraction of sp³-hybridized carbons (Fsp3) is 0.100. The number of carbonyl (C=O) groups excluding carboxylic acids is 1. The van der Waals surface area contributed by atoms with Crippen LogP contribution in [0, 0.1) is 6.92 Å². The van der Waals surface area contributed by atoms with Gasteiger partial charge >= 0.3 is 0 Å². The van der Waals surface area contributed by atoms with Crippen LogP contribution in [0.4, 0.5) is 0 Å². The van der Waals surface area contributed by atoms with E-state index in [2.05, 4.69) is 4.98 Å². The summed E-state index contributed by atoms with van der Waals surface area (Å²) in [5.41, 5.74) is 2.28. The first-order valence-electron chi connectivity index (χ1n) is 8.02. The molecule has 3 aromatic rings. The molecule has 0 unspecified atom stereocenters. The van der Waals surface area contributed by atoms with Crippen LogP contribution in [0.15, 0.2) is 47.3 Å². The molecule has 0 aliphatic carbocycles. The Hall–Kier alpha value is -3.12. The van der Waals surface area contributed by atoms with E-state index in [0.717, 1.165) is 11.1 Å². The number of H-pyrrole nitrogens is 1. The molecule has 0 spiro atoms. The molecule has 0 amide bonds. The van der Waals surface area contributed by atoms with E-state index in [1.165, 1.54) is 17.4 Å². The van der Waals surface area contributed by atoms with Crippen LogP contribution in [0.5, 0.6) is 11.5 Å². The highest BCUT2D eigenvalue weighted by Gasteiger charge is 2.12. The third-order valence-electron chi connectivity index (χ3n) is 3.97. The van der Waals surface area contributed by atoms with E-state index in [1.807, 2.05) is 37.3 Å². The normalized spacial score (nSPS) is 14.0. The third kappa shape index (κ3) is 3.32. The van der Waals surface area contributed by atoms with Gasteiger partial charge in [0.1, 0.15) is 0 Å². The van der Waals surface area contributed by atoms with Gasteiger partial charge in [0.2, 0.25) is 6.79 Å². The number of ketones is 1. The number of nitrogens with one attached hydrogen (secondary N) is 1. The smallest absolute Gasteiger partial charge is 0.266 e. The Balaban J connectivity index is 1.68. The Kier molecular flexibility index (Phi) is 4.18. The number of aromatic nitrogens is 1. The molecule has 4 rings (SSSR count). The van der Waals surface area contributed by atoms with Gasteiger partial charge in [0.25, 0.3) is 5.56 Å². The summed E-state index contributed by atoms with van der Waals surface area (Å²) in [6, 6.07) is 12.8. The second kappa shape index (κ2) is 6.65. The lowest BCUT2D eigenvalue weighted by molar-refractivity contribution is 0.106. The molecule has 0 atom stereocenters. The Morgan fingerprint density at radius 1 is 1.12 bits per heavy atom. The van der Waals surface area contributed by atoms with Crippen LogP contribution < -0.4 is 24.2 Å². The molecule has 6 heteroatoms. The van der Waals surface area contributed by atoms with E-state index in [0.29, 0.717) is 26.3 Å². The average Bonchev–Trinajstić information content (AvgIpc) is 3.22. The standard InChI is InChI=1S/C20H15NO4S/c1-12-2-5-14(6-3-12)15(22)10-19-21-20(23)18(26-19)9-13-4-7-16-17(8-13)25-11-24-16/h2-10H,11H2,1H3,(H,21,23). The molecular weight excluding hydrogens is 350 g/mol. The predicted octanol–water partition coefficient (Wildman–Crippen LogP) is 1.97. The minimum atomic E-state index is -0.226. The summed E-state index contributed by atoms with van der Waals surface area (Å²) in [4.78, 5) is 27.2. The van der Waals surface area contributed by atoms with Gasteiger partial charge in [-0.2, -0.15) is 0 Å². The van der Waals surface area contributed by atoms with Gasteiger partial charge in [-0.15, -0.1) is 11.3 Å². The number of rotatable bonds is 3. The van der Waals surface area contributed by atoms with Gasteiger partial charge in [-0.3, -0.25) is 9.59 Å². The Bertz CT molecular complexity index is 1160. The number of benzene rings is 2. The van der Waals surface area contributed by atoms with E-state index < -0.39 is 0 Å². The summed E-state index contributed by atoms with van der Waals surface area (Å²) in [6.45, 7) is 2.17. The monoisotopic (exact) mass is 365 g/mol. The zero-order chi connectivity index (χ0) is 18.1. The maximum Gasteiger partial charge on any atom is 0.266 e. The molecule has 0 radical (unpaired) electrons. The molecule has 2 heterocycles. The number of aryl methyl sites for hydroxylation is 1. The van der Waals surface area contributed by atoms with Gasteiger partial charge < -0.3 is 14.5 Å². The van der Waals surface area contributed by atoms with Gasteiger partial charge in [-0.1, -0.05) is 35.9 Å². The first-order valence-corrected chi connectivity index (χ1v) is 8.83. The van der Waals surface area contributed by atoms with Crippen molar-refractivity contribution < 1.29 is 14.3 Å². The van der Waals surface area contributed by atoms with Crippen LogP contribution in [0.2, 0.25) is 0 Å². The van der Waals surface area contributed by atoms with Crippen molar-refractivity contribution >= 4 is 29.3 Å². The fourth-order valence-corrected chi connectivity index (χ4v) is 3.48. The lowest BCUT2D eigenvalue weighted by Gasteiger charge is -1.96. The van der Waals surface area contributed by atoms with Crippen molar-refractivity contribution in [1.29, 1.82) is 0 Å². The lowest BCUT2D eigenvalue weighted by Crippen LogP contribution is -2.20. The summed E-state index contributed by atoms with van der Waals surface area (Å²) < 4.78 is 11.7. The fourth-order valence-electron chi connectivity index (χ4n) is 2.60. The highest BCUT2D eigenvalue weighted by molar-refractivity contribution is 7.07. The average molecular weight is 365 g/mol. The topological polar surface area (TPSA) is 68.4 Å². The van der Waals surface area contributed by atoms with Crippen LogP contribution >= 0.6 is 11.3 Å². The molecule has 2 aromatic carbocycles. The van der Waals surface area contributed by atoms with Gasteiger partial charge in [0.05, 0.1) is 9.20 Å². The zero-order valence-corrected chi connectivity index (χ0v) is 14.8. The molecule has 26 heavy (non-hydrogen) atoms. The highest BCUT2D eigenvalue weighted by atomic mass is 32.1. The molecule has 0 saturated carbocycles. The summed E-state index contributed by atoms with van der Waals surface area (Å²) in [6.07, 6.45) is 3.22. The first-order chi connectivity index (χ1) is 12.6. The number of fused-ring (bicyclic) bond motifs is 1. The Morgan fingerprint density at radius 2 is 1.88 bits per heavy atom. The summed E-state index contributed by atoms with van der Waals surface area (Å²) in [5, 5.41) is 0. The molecule has 0 bridgehead atoms. The number of hydrogen-bond acceptors (Lipinski definition) is 5. The van der Waals surface area contributed by atoms with Crippen molar-refractivity contribution in [3.05, 3.63) is 78.7 Å². The maximum absolute atomic E-state index is 12.3. The quantitative estimate of drug-likeness (QED) is 0.721. The van der Waals surface area contributed by atoms with E-state index in [4.69, 9.17) is 9.47 Å². The second-order valence-electron chi connectivity index (χ2n) is 5.92. The van der Waals surface area contributed by atoms with Gasteiger partial charge in [-0.05, 0) is 30.7 Å². The summed E-state index contributed by atoms with van der Waals surface area (Å²) >= 11 is 1.24.